The van der Waals surface area contributed by atoms with Gasteiger partial charge in [0.05, 0.1) is 19.6 Å². The number of ether oxygens (including phenoxy) is 2. The average molecular weight is 296 g/mol. The van der Waals surface area contributed by atoms with Crippen molar-refractivity contribution in [2.24, 2.45) is 0 Å². The highest BCUT2D eigenvalue weighted by molar-refractivity contribution is 5.75. The molecule has 116 valence electrons. The van der Waals surface area contributed by atoms with Gasteiger partial charge in [-0.05, 0) is 25.0 Å². The van der Waals surface area contributed by atoms with E-state index in [1.54, 1.807) is 38.1 Å². The summed E-state index contributed by atoms with van der Waals surface area (Å²) in [5, 5.41) is 19.6. The quantitative estimate of drug-likeness (QED) is 0.721. The highest BCUT2D eigenvalue weighted by Gasteiger charge is 2.26. The monoisotopic (exact) mass is 296 g/mol. The van der Waals surface area contributed by atoms with Gasteiger partial charge in [0.15, 0.2) is 6.10 Å². The molecule has 1 aromatic rings. The first-order chi connectivity index (χ1) is 9.99. The van der Waals surface area contributed by atoms with Crippen LogP contribution in [0.2, 0.25) is 0 Å². The number of hydrogen-bond acceptors (Lipinski definition) is 6. The van der Waals surface area contributed by atoms with Crippen LogP contribution in [-0.4, -0.2) is 41.5 Å². The summed E-state index contributed by atoms with van der Waals surface area (Å²) in [6.45, 7) is 3.79. The first-order valence-electron chi connectivity index (χ1n) is 6.76. The van der Waals surface area contributed by atoms with E-state index >= 15 is 0 Å². The van der Waals surface area contributed by atoms with E-state index in [9.17, 15) is 19.8 Å². The van der Waals surface area contributed by atoms with E-state index in [0.29, 0.717) is 12.2 Å². The van der Waals surface area contributed by atoms with E-state index in [4.69, 9.17) is 4.74 Å². The number of hydrogen-bond donors (Lipinski definition) is 2. The van der Waals surface area contributed by atoms with E-state index in [2.05, 4.69) is 4.74 Å². The van der Waals surface area contributed by atoms with E-state index in [1.807, 2.05) is 0 Å². The van der Waals surface area contributed by atoms with Gasteiger partial charge in [0.25, 0.3) is 0 Å². The number of benzene rings is 1. The average Bonchev–Trinajstić information content (AvgIpc) is 2.47. The van der Waals surface area contributed by atoms with Crippen molar-refractivity contribution in [1.29, 1.82) is 0 Å². The molecule has 0 fully saturated rings. The minimum absolute atomic E-state index is 0.126. The molecular formula is C15H20O6. The molecule has 1 aromatic carbocycles. The molecule has 0 aliphatic rings. The van der Waals surface area contributed by atoms with Crippen molar-refractivity contribution >= 4 is 11.9 Å². The fourth-order valence-corrected chi connectivity index (χ4v) is 1.75. The topological polar surface area (TPSA) is 93.1 Å². The van der Waals surface area contributed by atoms with Gasteiger partial charge in [-0.2, -0.15) is 0 Å². The summed E-state index contributed by atoms with van der Waals surface area (Å²) < 4.78 is 9.47. The Morgan fingerprint density at radius 2 is 1.62 bits per heavy atom. The Labute approximate surface area is 123 Å². The van der Waals surface area contributed by atoms with Gasteiger partial charge in [-0.1, -0.05) is 24.3 Å². The fourth-order valence-electron chi connectivity index (χ4n) is 1.75. The number of aliphatic hydroxyl groups is 2. The minimum Gasteiger partial charge on any atom is -0.466 e. The summed E-state index contributed by atoms with van der Waals surface area (Å²) in [7, 11) is 0. The molecule has 0 aromatic heterocycles. The van der Waals surface area contributed by atoms with Crippen LogP contribution in [-0.2, 0) is 25.5 Å². The van der Waals surface area contributed by atoms with Gasteiger partial charge in [0.1, 0.15) is 6.10 Å². The standard InChI is InChI=1S/C15H20O6/c1-3-20-12(16)9-10-5-7-11(8-6-10)13(17)14(18)15(19)21-4-2/h5-8,13-14,17-18H,3-4,9H2,1-2H3. The number of aliphatic hydroxyl groups excluding tert-OH is 2. The third-order valence-electron chi connectivity index (χ3n) is 2.80. The van der Waals surface area contributed by atoms with Crippen LogP contribution in [0.3, 0.4) is 0 Å². The van der Waals surface area contributed by atoms with Crippen LogP contribution in [0.5, 0.6) is 0 Å². The lowest BCUT2D eigenvalue weighted by molar-refractivity contribution is -0.159. The second-order valence-electron chi connectivity index (χ2n) is 4.37. The molecule has 0 aliphatic heterocycles. The van der Waals surface area contributed by atoms with Crippen molar-refractivity contribution in [3.63, 3.8) is 0 Å². The van der Waals surface area contributed by atoms with E-state index < -0.39 is 18.2 Å². The summed E-state index contributed by atoms with van der Waals surface area (Å²) >= 11 is 0. The molecule has 6 heteroatoms. The van der Waals surface area contributed by atoms with Gasteiger partial charge < -0.3 is 19.7 Å². The maximum absolute atomic E-state index is 11.3. The molecule has 0 radical (unpaired) electrons. The zero-order valence-electron chi connectivity index (χ0n) is 12.1. The molecule has 2 unspecified atom stereocenters. The number of esters is 2. The van der Waals surface area contributed by atoms with Gasteiger partial charge in [0, 0.05) is 0 Å². The van der Waals surface area contributed by atoms with Crippen molar-refractivity contribution in [2.75, 3.05) is 13.2 Å². The summed E-state index contributed by atoms with van der Waals surface area (Å²) in [6, 6.07) is 6.35. The molecule has 2 N–H and O–H groups in total. The third kappa shape index (κ3) is 5.17. The van der Waals surface area contributed by atoms with Gasteiger partial charge in [-0.15, -0.1) is 0 Å². The zero-order chi connectivity index (χ0) is 15.8. The fraction of sp³-hybridized carbons (Fsp3) is 0.467. The summed E-state index contributed by atoms with van der Waals surface area (Å²) in [5.41, 5.74) is 1.08. The van der Waals surface area contributed by atoms with E-state index in [0.717, 1.165) is 5.56 Å². The normalized spacial score (nSPS) is 13.3. The van der Waals surface area contributed by atoms with E-state index in [1.165, 1.54) is 0 Å². The maximum Gasteiger partial charge on any atom is 0.338 e. The Kier molecular flexibility index (Phi) is 6.84. The lowest BCUT2D eigenvalue weighted by Gasteiger charge is -2.17. The van der Waals surface area contributed by atoms with Crippen molar-refractivity contribution in [1.82, 2.24) is 0 Å². The molecule has 0 amide bonds. The maximum atomic E-state index is 11.3. The van der Waals surface area contributed by atoms with Crippen molar-refractivity contribution in [3.8, 4) is 0 Å². The highest BCUT2D eigenvalue weighted by atomic mass is 16.5. The van der Waals surface area contributed by atoms with E-state index in [-0.39, 0.29) is 19.0 Å². The summed E-state index contributed by atoms with van der Waals surface area (Å²) in [6.07, 6.45) is -2.88. The van der Waals surface area contributed by atoms with Crippen molar-refractivity contribution < 1.29 is 29.3 Å². The molecule has 0 bridgehead atoms. The first kappa shape index (κ1) is 17.1. The Hall–Kier alpha value is -1.92. The predicted molar refractivity (Wildman–Crippen MR) is 74.4 cm³/mol. The van der Waals surface area contributed by atoms with Gasteiger partial charge >= 0.3 is 11.9 Å². The lowest BCUT2D eigenvalue weighted by Crippen LogP contribution is -2.29. The molecular weight excluding hydrogens is 276 g/mol. The summed E-state index contributed by atoms with van der Waals surface area (Å²) in [5.74, 6) is -1.21. The second-order valence-corrected chi connectivity index (χ2v) is 4.37. The number of rotatable bonds is 7. The highest BCUT2D eigenvalue weighted by Crippen LogP contribution is 2.19. The molecule has 0 spiro atoms. The molecule has 0 saturated carbocycles. The summed E-state index contributed by atoms with van der Waals surface area (Å²) in [4.78, 5) is 22.7. The molecule has 0 aliphatic carbocycles. The van der Waals surface area contributed by atoms with Gasteiger partial charge in [-0.3, -0.25) is 4.79 Å². The molecule has 1 rings (SSSR count). The Morgan fingerprint density at radius 3 is 2.14 bits per heavy atom. The van der Waals surface area contributed by atoms with Crippen LogP contribution in [0.15, 0.2) is 24.3 Å². The van der Waals surface area contributed by atoms with Crippen LogP contribution < -0.4 is 0 Å². The Morgan fingerprint density at radius 1 is 1.05 bits per heavy atom. The van der Waals surface area contributed by atoms with Crippen LogP contribution in [0, 0.1) is 0 Å². The Balaban J connectivity index is 2.68. The molecule has 21 heavy (non-hydrogen) atoms. The van der Waals surface area contributed by atoms with Gasteiger partial charge in [-0.25, -0.2) is 4.79 Å². The van der Waals surface area contributed by atoms with Crippen LogP contribution in [0.1, 0.15) is 31.1 Å². The van der Waals surface area contributed by atoms with Gasteiger partial charge in [0.2, 0.25) is 0 Å². The Bertz CT molecular complexity index is 468. The number of carbonyl (C=O) groups excluding carboxylic acids is 2. The lowest BCUT2D eigenvalue weighted by atomic mass is 10.0. The van der Waals surface area contributed by atoms with Crippen LogP contribution >= 0.6 is 0 Å². The second kappa shape index (κ2) is 8.39. The smallest absolute Gasteiger partial charge is 0.338 e. The van der Waals surface area contributed by atoms with Crippen LogP contribution in [0.25, 0.3) is 0 Å². The predicted octanol–water partition coefficient (Wildman–Crippen LogP) is 0.750. The minimum atomic E-state index is -1.64. The number of carbonyl (C=O) groups is 2. The molecule has 0 heterocycles. The molecule has 6 nitrogen and oxygen atoms in total. The molecule has 0 saturated heterocycles. The first-order valence-corrected chi connectivity index (χ1v) is 6.76. The third-order valence-corrected chi connectivity index (χ3v) is 2.80. The SMILES string of the molecule is CCOC(=O)Cc1ccc(C(O)C(O)C(=O)OCC)cc1. The molecule has 2 atom stereocenters. The van der Waals surface area contributed by atoms with Crippen LogP contribution in [0.4, 0.5) is 0 Å². The largest absolute Gasteiger partial charge is 0.466 e. The van der Waals surface area contributed by atoms with Crippen molar-refractivity contribution in [2.45, 2.75) is 32.5 Å². The van der Waals surface area contributed by atoms with Crippen molar-refractivity contribution in [3.05, 3.63) is 35.4 Å². The zero-order valence-corrected chi connectivity index (χ0v) is 12.1.